The quantitative estimate of drug-likeness (QED) is 0.881. The van der Waals surface area contributed by atoms with Gasteiger partial charge in [-0.05, 0) is 28.9 Å². The number of aromatic amines is 1. The second-order valence-corrected chi connectivity index (χ2v) is 5.00. The molecule has 2 aromatic rings. The average Bonchev–Trinajstić information content (AvgIpc) is 2.77. The largest absolute Gasteiger partial charge is 0.383 e. The Morgan fingerprint density at radius 1 is 1.58 bits per heavy atom. The van der Waals surface area contributed by atoms with Crippen molar-refractivity contribution in [3.05, 3.63) is 33.9 Å². The maximum absolute atomic E-state index is 12.2. The third-order valence-corrected chi connectivity index (χ3v) is 2.92. The van der Waals surface area contributed by atoms with Crippen molar-refractivity contribution < 1.29 is 4.79 Å². The molecule has 0 aliphatic heterocycles. The lowest BCUT2D eigenvalue weighted by Gasteiger charge is -2.16. The van der Waals surface area contributed by atoms with Gasteiger partial charge in [0.1, 0.15) is 11.6 Å². The molecule has 0 spiro atoms. The molecule has 0 bridgehead atoms. The molecule has 0 saturated carbocycles. The molecule has 8 heteroatoms. The van der Waals surface area contributed by atoms with Crippen molar-refractivity contribution in [1.29, 1.82) is 0 Å². The third kappa shape index (κ3) is 3.08. The van der Waals surface area contributed by atoms with Crippen LogP contribution in [-0.4, -0.2) is 38.0 Å². The summed E-state index contributed by atoms with van der Waals surface area (Å²) in [6, 6.07) is 1.64. The number of rotatable bonds is 3. The molecule has 2 rings (SSSR count). The molecule has 0 atom stereocenters. The van der Waals surface area contributed by atoms with E-state index < -0.39 is 0 Å². The van der Waals surface area contributed by atoms with E-state index in [0.29, 0.717) is 28.2 Å². The molecule has 100 valence electrons. The first-order valence-electron chi connectivity index (χ1n) is 5.51. The SMILES string of the molecule is Cc1nc(CN(C)C(=O)c2cc(Br)cnc2N)n[nH]1. The van der Waals surface area contributed by atoms with Crippen LogP contribution < -0.4 is 5.73 Å². The fourth-order valence-electron chi connectivity index (χ4n) is 1.57. The van der Waals surface area contributed by atoms with Gasteiger partial charge in [0.15, 0.2) is 5.82 Å². The molecule has 0 saturated heterocycles. The lowest BCUT2D eigenvalue weighted by atomic mass is 10.2. The van der Waals surface area contributed by atoms with Crippen LogP contribution in [0.2, 0.25) is 0 Å². The summed E-state index contributed by atoms with van der Waals surface area (Å²) in [5.74, 6) is 1.23. The second kappa shape index (κ2) is 5.35. The molecule has 0 fully saturated rings. The Bertz CT molecular complexity index is 611. The lowest BCUT2D eigenvalue weighted by Crippen LogP contribution is -2.27. The number of nitrogens with one attached hydrogen (secondary N) is 1. The van der Waals surface area contributed by atoms with Crippen molar-refractivity contribution in [3.8, 4) is 0 Å². The van der Waals surface area contributed by atoms with Gasteiger partial charge in [-0.15, -0.1) is 0 Å². The number of nitrogens with zero attached hydrogens (tertiary/aromatic N) is 4. The van der Waals surface area contributed by atoms with Crippen LogP contribution in [0.5, 0.6) is 0 Å². The first kappa shape index (κ1) is 13.5. The molecule has 3 N–H and O–H groups in total. The molecular formula is C11H13BrN6O. The van der Waals surface area contributed by atoms with Gasteiger partial charge >= 0.3 is 0 Å². The van der Waals surface area contributed by atoms with Gasteiger partial charge in [-0.2, -0.15) is 5.10 Å². The smallest absolute Gasteiger partial charge is 0.257 e. The lowest BCUT2D eigenvalue weighted by molar-refractivity contribution is 0.0782. The van der Waals surface area contributed by atoms with Crippen LogP contribution in [0.4, 0.5) is 5.82 Å². The number of H-pyrrole nitrogens is 1. The number of aryl methyl sites for hydroxylation is 1. The highest BCUT2D eigenvalue weighted by molar-refractivity contribution is 9.10. The van der Waals surface area contributed by atoms with Crippen LogP contribution >= 0.6 is 15.9 Å². The molecule has 0 aliphatic rings. The highest BCUT2D eigenvalue weighted by atomic mass is 79.9. The Hall–Kier alpha value is -1.96. The number of hydrogen-bond acceptors (Lipinski definition) is 5. The zero-order valence-corrected chi connectivity index (χ0v) is 12.1. The predicted molar refractivity (Wildman–Crippen MR) is 73.3 cm³/mol. The number of carbonyl (C=O) groups is 1. The van der Waals surface area contributed by atoms with E-state index in [1.807, 2.05) is 0 Å². The maximum atomic E-state index is 12.2. The molecule has 2 aromatic heterocycles. The summed E-state index contributed by atoms with van der Waals surface area (Å²) >= 11 is 3.27. The first-order valence-corrected chi connectivity index (χ1v) is 6.31. The Kier molecular flexibility index (Phi) is 3.79. The van der Waals surface area contributed by atoms with Crippen molar-refractivity contribution in [2.45, 2.75) is 13.5 Å². The standard InChI is InChI=1S/C11H13BrN6O/c1-6-15-9(17-16-6)5-18(2)11(19)8-3-7(12)4-14-10(8)13/h3-4H,5H2,1-2H3,(H2,13,14)(H,15,16,17). The summed E-state index contributed by atoms with van der Waals surface area (Å²) in [6.45, 7) is 2.10. The Labute approximate surface area is 118 Å². The minimum Gasteiger partial charge on any atom is -0.383 e. The number of amides is 1. The number of pyridine rings is 1. The minimum atomic E-state index is -0.228. The molecular weight excluding hydrogens is 312 g/mol. The maximum Gasteiger partial charge on any atom is 0.257 e. The third-order valence-electron chi connectivity index (χ3n) is 2.48. The Balaban J connectivity index is 2.16. The average molecular weight is 325 g/mol. The van der Waals surface area contributed by atoms with Gasteiger partial charge in [-0.1, -0.05) is 0 Å². The molecule has 0 aliphatic carbocycles. The van der Waals surface area contributed by atoms with Gasteiger partial charge in [0.2, 0.25) is 0 Å². The van der Waals surface area contributed by atoms with Crippen molar-refractivity contribution in [2.75, 3.05) is 12.8 Å². The van der Waals surface area contributed by atoms with Crippen LogP contribution in [-0.2, 0) is 6.54 Å². The summed E-state index contributed by atoms with van der Waals surface area (Å²) in [7, 11) is 1.66. The summed E-state index contributed by atoms with van der Waals surface area (Å²) in [4.78, 5) is 21.8. The minimum absolute atomic E-state index is 0.200. The zero-order valence-electron chi connectivity index (χ0n) is 10.5. The van der Waals surface area contributed by atoms with E-state index in [9.17, 15) is 4.79 Å². The number of anilines is 1. The van der Waals surface area contributed by atoms with Crippen molar-refractivity contribution in [2.24, 2.45) is 0 Å². The fraction of sp³-hybridized carbons (Fsp3) is 0.273. The van der Waals surface area contributed by atoms with Gasteiger partial charge in [-0.25, -0.2) is 9.97 Å². The number of carbonyl (C=O) groups excluding carboxylic acids is 1. The Morgan fingerprint density at radius 2 is 2.32 bits per heavy atom. The highest BCUT2D eigenvalue weighted by Crippen LogP contribution is 2.17. The van der Waals surface area contributed by atoms with Crippen molar-refractivity contribution in [3.63, 3.8) is 0 Å². The van der Waals surface area contributed by atoms with Crippen LogP contribution in [0.25, 0.3) is 0 Å². The van der Waals surface area contributed by atoms with Gasteiger partial charge in [0, 0.05) is 17.7 Å². The molecule has 1 amide bonds. The monoisotopic (exact) mass is 324 g/mol. The van der Waals surface area contributed by atoms with E-state index in [-0.39, 0.29) is 11.7 Å². The van der Waals surface area contributed by atoms with Crippen LogP contribution in [0.1, 0.15) is 22.0 Å². The predicted octanol–water partition coefficient (Wildman–Crippen LogP) is 1.13. The molecule has 2 heterocycles. The molecule has 0 unspecified atom stereocenters. The van der Waals surface area contributed by atoms with Gasteiger partial charge in [0.25, 0.3) is 5.91 Å². The summed E-state index contributed by atoms with van der Waals surface area (Å²) in [5, 5.41) is 6.72. The summed E-state index contributed by atoms with van der Waals surface area (Å²) < 4.78 is 0.701. The van der Waals surface area contributed by atoms with E-state index in [0.717, 1.165) is 0 Å². The van der Waals surface area contributed by atoms with Crippen molar-refractivity contribution in [1.82, 2.24) is 25.1 Å². The molecule has 7 nitrogen and oxygen atoms in total. The van der Waals surface area contributed by atoms with E-state index in [1.54, 1.807) is 26.2 Å². The van der Waals surface area contributed by atoms with Crippen LogP contribution in [0, 0.1) is 6.92 Å². The van der Waals surface area contributed by atoms with E-state index in [2.05, 4.69) is 36.1 Å². The molecule has 19 heavy (non-hydrogen) atoms. The van der Waals surface area contributed by atoms with Gasteiger partial charge in [0.05, 0.1) is 12.1 Å². The number of halogens is 1. The number of aromatic nitrogens is 4. The van der Waals surface area contributed by atoms with Crippen LogP contribution in [0.15, 0.2) is 16.7 Å². The van der Waals surface area contributed by atoms with Gasteiger partial charge in [-0.3, -0.25) is 9.89 Å². The molecule has 0 aromatic carbocycles. The number of hydrogen-bond donors (Lipinski definition) is 2. The van der Waals surface area contributed by atoms with E-state index in [4.69, 9.17) is 5.73 Å². The van der Waals surface area contributed by atoms with E-state index in [1.165, 1.54) is 4.90 Å². The summed E-state index contributed by atoms with van der Waals surface area (Å²) in [6.07, 6.45) is 1.55. The first-order chi connectivity index (χ1) is 8.97. The van der Waals surface area contributed by atoms with Crippen LogP contribution in [0.3, 0.4) is 0 Å². The zero-order chi connectivity index (χ0) is 14.0. The molecule has 0 radical (unpaired) electrons. The summed E-state index contributed by atoms with van der Waals surface area (Å²) in [5.41, 5.74) is 6.06. The highest BCUT2D eigenvalue weighted by Gasteiger charge is 2.17. The number of nitrogens with two attached hydrogens (primary N) is 1. The normalized spacial score (nSPS) is 10.5. The van der Waals surface area contributed by atoms with E-state index >= 15 is 0 Å². The topological polar surface area (TPSA) is 101 Å². The second-order valence-electron chi connectivity index (χ2n) is 4.08. The van der Waals surface area contributed by atoms with Gasteiger partial charge < -0.3 is 10.6 Å². The fourth-order valence-corrected chi connectivity index (χ4v) is 1.90. The number of nitrogen functional groups attached to an aromatic ring is 1. The Morgan fingerprint density at radius 3 is 2.95 bits per heavy atom. The van der Waals surface area contributed by atoms with Crippen molar-refractivity contribution >= 4 is 27.7 Å².